The summed E-state index contributed by atoms with van der Waals surface area (Å²) >= 11 is 3.03. The topological polar surface area (TPSA) is 70.2 Å². The van der Waals surface area contributed by atoms with E-state index in [4.69, 9.17) is 0 Å². The van der Waals surface area contributed by atoms with Crippen LogP contribution in [0.15, 0.2) is 22.7 Å². The van der Waals surface area contributed by atoms with E-state index in [9.17, 15) is 14.0 Å². The SMILES string of the molecule is CC(C)NC(=O)CCNC(=O)Nc1ccc(Br)c(F)c1. The smallest absolute Gasteiger partial charge is 0.319 e. The fourth-order valence-electron chi connectivity index (χ4n) is 1.43. The van der Waals surface area contributed by atoms with E-state index in [2.05, 4.69) is 31.9 Å². The van der Waals surface area contributed by atoms with Crippen molar-refractivity contribution in [2.75, 3.05) is 11.9 Å². The second kappa shape index (κ2) is 7.84. The minimum atomic E-state index is -0.482. The molecule has 3 amide bonds. The summed E-state index contributed by atoms with van der Waals surface area (Å²) in [5, 5.41) is 7.72. The predicted molar refractivity (Wildman–Crippen MR) is 79.0 cm³/mol. The van der Waals surface area contributed by atoms with Gasteiger partial charge in [0.25, 0.3) is 0 Å². The molecular formula is C13H17BrFN3O2. The molecule has 0 aromatic heterocycles. The van der Waals surface area contributed by atoms with Crippen molar-refractivity contribution in [2.45, 2.75) is 26.3 Å². The van der Waals surface area contributed by atoms with Gasteiger partial charge in [0.1, 0.15) is 5.82 Å². The molecule has 20 heavy (non-hydrogen) atoms. The third kappa shape index (κ3) is 6.01. The third-order valence-electron chi connectivity index (χ3n) is 2.26. The summed E-state index contributed by atoms with van der Waals surface area (Å²) in [4.78, 5) is 22.9. The maximum absolute atomic E-state index is 13.2. The van der Waals surface area contributed by atoms with Crippen molar-refractivity contribution < 1.29 is 14.0 Å². The normalized spacial score (nSPS) is 10.2. The molecule has 3 N–H and O–H groups in total. The van der Waals surface area contributed by atoms with Gasteiger partial charge in [-0.15, -0.1) is 0 Å². The molecule has 0 unspecified atom stereocenters. The van der Waals surface area contributed by atoms with E-state index in [0.717, 1.165) is 0 Å². The first kappa shape index (κ1) is 16.4. The zero-order valence-electron chi connectivity index (χ0n) is 11.3. The summed E-state index contributed by atoms with van der Waals surface area (Å²) in [5.41, 5.74) is 0.342. The highest BCUT2D eigenvalue weighted by Gasteiger charge is 2.06. The number of anilines is 1. The highest BCUT2D eigenvalue weighted by Crippen LogP contribution is 2.19. The van der Waals surface area contributed by atoms with Crippen LogP contribution in [0.5, 0.6) is 0 Å². The van der Waals surface area contributed by atoms with Crippen molar-refractivity contribution >= 4 is 33.6 Å². The lowest BCUT2D eigenvalue weighted by atomic mass is 10.3. The fraction of sp³-hybridized carbons (Fsp3) is 0.385. The van der Waals surface area contributed by atoms with Crippen LogP contribution in [-0.2, 0) is 4.79 Å². The molecule has 0 saturated carbocycles. The number of urea groups is 1. The van der Waals surface area contributed by atoms with E-state index in [1.807, 2.05) is 13.8 Å². The van der Waals surface area contributed by atoms with E-state index >= 15 is 0 Å². The van der Waals surface area contributed by atoms with Crippen molar-refractivity contribution in [1.29, 1.82) is 0 Å². The largest absolute Gasteiger partial charge is 0.354 e. The zero-order chi connectivity index (χ0) is 15.1. The highest BCUT2D eigenvalue weighted by molar-refractivity contribution is 9.10. The van der Waals surface area contributed by atoms with Crippen LogP contribution in [-0.4, -0.2) is 24.5 Å². The second-order valence-electron chi connectivity index (χ2n) is 4.48. The van der Waals surface area contributed by atoms with Crippen LogP contribution in [0.3, 0.4) is 0 Å². The number of carbonyl (C=O) groups excluding carboxylic acids is 2. The highest BCUT2D eigenvalue weighted by atomic mass is 79.9. The molecule has 1 aromatic rings. The van der Waals surface area contributed by atoms with Gasteiger partial charge in [0.15, 0.2) is 0 Å². The van der Waals surface area contributed by atoms with Gasteiger partial charge in [0, 0.05) is 24.7 Å². The molecule has 0 fully saturated rings. The van der Waals surface area contributed by atoms with Gasteiger partial charge >= 0.3 is 6.03 Å². The number of hydrogen-bond acceptors (Lipinski definition) is 2. The van der Waals surface area contributed by atoms with Crippen LogP contribution in [0.4, 0.5) is 14.9 Å². The molecule has 0 spiro atoms. The molecule has 0 heterocycles. The summed E-state index contributed by atoms with van der Waals surface area (Å²) in [6.07, 6.45) is 0.195. The molecule has 0 bridgehead atoms. The number of benzene rings is 1. The maximum atomic E-state index is 13.2. The third-order valence-corrected chi connectivity index (χ3v) is 2.91. The summed E-state index contributed by atoms with van der Waals surface area (Å²) in [7, 11) is 0. The number of halogens is 2. The Hall–Kier alpha value is -1.63. The maximum Gasteiger partial charge on any atom is 0.319 e. The Morgan fingerprint density at radius 1 is 1.35 bits per heavy atom. The predicted octanol–water partition coefficient (Wildman–Crippen LogP) is 2.62. The average Bonchev–Trinajstić information content (AvgIpc) is 2.33. The van der Waals surface area contributed by atoms with Crippen LogP contribution in [0.1, 0.15) is 20.3 Å². The molecular weight excluding hydrogens is 329 g/mol. The van der Waals surface area contributed by atoms with Crippen molar-refractivity contribution in [3.63, 3.8) is 0 Å². The van der Waals surface area contributed by atoms with Crippen LogP contribution < -0.4 is 16.0 Å². The Balaban J connectivity index is 2.33. The van der Waals surface area contributed by atoms with E-state index in [0.29, 0.717) is 10.2 Å². The van der Waals surface area contributed by atoms with Crippen molar-refractivity contribution in [1.82, 2.24) is 10.6 Å². The monoisotopic (exact) mass is 345 g/mol. The van der Waals surface area contributed by atoms with Gasteiger partial charge in [-0.1, -0.05) is 0 Å². The molecule has 110 valence electrons. The quantitative estimate of drug-likeness (QED) is 0.767. The molecule has 5 nitrogen and oxygen atoms in total. The standard InChI is InChI=1S/C13H17BrFN3O2/c1-8(2)17-12(19)5-6-16-13(20)18-9-3-4-10(14)11(15)7-9/h3-4,7-8H,5-6H2,1-2H3,(H,17,19)(H2,16,18,20). The summed E-state index contributed by atoms with van der Waals surface area (Å²) in [5.74, 6) is -0.589. The van der Waals surface area contributed by atoms with Gasteiger partial charge < -0.3 is 16.0 Å². The van der Waals surface area contributed by atoms with E-state index < -0.39 is 11.8 Å². The first-order chi connectivity index (χ1) is 9.38. The Bertz CT molecular complexity index is 495. The lowest BCUT2D eigenvalue weighted by molar-refractivity contribution is -0.121. The van der Waals surface area contributed by atoms with Gasteiger partial charge in [-0.25, -0.2) is 9.18 Å². The number of carbonyl (C=O) groups is 2. The number of hydrogen-bond donors (Lipinski definition) is 3. The molecule has 0 atom stereocenters. The second-order valence-corrected chi connectivity index (χ2v) is 5.34. The Kier molecular flexibility index (Phi) is 6.44. The molecule has 0 aliphatic rings. The molecule has 7 heteroatoms. The molecule has 0 saturated heterocycles. The van der Waals surface area contributed by atoms with Crippen molar-refractivity contribution in [2.24, 2.45) is 0 Å². The number of amides is 3. The molecule has 0 aliphatic carbocycles. The number of rotatable bonds is 5. The first-order valence-electron chi connectivity index (χ1n) is 6.17. The summed E-state index contributed by atoms with van der Waals surface area (Å²) in [6.45, 7) is 3.93. The first-order valence-corrected chi connectivity index (χ1v) is 6.97. The minimum absolute atomic E-state index is 0.0714. The van der Waals surface area contributed by atoms with Crippen LogP contribution in [0.25, 0.3) is 0 Å². The molecule has 1 rings (SSSR count). The minimum Gasteiger partial charge on any atom is -0.354 e. The van der Waals surface area contributed by atoms with Gasteiger partial charge in [-0.05, 0) is 48.0 Å². The van der Waals surface area contributed by atoms with Gasteiger partial charge in [-0.2, -0.15) is 0 Å². The van der Waals surface area contributed by atoms with E-state index in [1.54, 1.807) is 6.07 Å². The Morgan fingerprint density at radius 3 is 2.65 bits per heavy atom. The van der Waals surface area contributed by atoms with E-state index in [-0.39, 0.29) is 24.9 Å². The lowest BCUT2D eigenvalue weighted by Gasteiger charge is -2.10. The molecule has 1 aromatic carbocycles. The van der Waals surface area contributed by atoms with Crippen LogP contribution in [0.2, 0.25) is 0 Å². The van der Waals surface area contributed by atoms with Gasteiger partial charge in [0.2, 0.25) is 5.91 Å². The van der Waals surface area contributed by atoms with E-state index in [1.165, 1.54) is 12.1 Å². The van der Waals surface area contributed by atoms with Crippen molar-refractivity contribution in [3.05, 3.63) is 28.5 Å². The fourth-order valence-corrected chi connectivity index (χ4v) is 1.68. The van der Waals surface area contributed by atoms with Crippen LogP contribution >= 0.6 is 15.9 Å². The van der Waals surface area contributed by atoms with Crippen LogP contribution in [0, 0.1) is 5.82 Å². The van der Waals surface area contributed by atoms with Gasteiger partial charge in [0.05, 0.1) is 4.47 Å². The Labute approximate surface area is 125 Å². The molecule has 0 aliphatic heterocycles. The average molecular weight is 346 g/mol. The Morgan fingerprint density at radius 2 is 2.05 bits per heavy atom. The molecule has 0 radical (unpaired) electrons. The summed E-state index contributed by atoms with van der Waals surface area (Å²) in [6, 6.07) is 3.86. The van der Waals surface area contributed by atoms with Crippen molar-refractivity contribution in [3.8, 4) is 0 Å². The zero-order valence-corrected chi connectivity index (χ0v) is 12.9. The lowest BCUT2D eigenvalue weighted by Crippen LogP contribution is -2.35. The number of nitrogens with one attached hydrogen (secondary N) is 3. The summed E-state index contributed by atoms with van der Waals surface area (Å²) < 4.78 is 13.6. The van der Waals surface area contributed by atoms with Gasteiger partial charge in [-0.3, -0.25) is 4.79 Å².